The Morgan fingerprint density at radius 3 is 2.50 bits per heavy atom. The van der Waals surface area contributed by atoms with Gasteiger partial charge < -0.3 is 10.8 Å². The van der Waals surface area contributed by atoms with Crippen LogP contribution in [-0.2, 0) is 0 Å². The highest BCUT2D eigenvalue weighted by atomic mass is 19.2. The Morgan fingerprint density at radius 2 is 1.94 bits per heavy atom. The van der Waals surface area contributed by atoms with Gasteiger partial charge in [0.15, 0.2) is 23.1 Å². The van der Waals surface area contributed by atoms with Crippen molar-refractivity contribution >= 4 is 11.8 Å². The van der Waals surface area contributed by atoms with Crippen LogP contribution in [0.4, 0.5) is 19.0 Å². The number of nitrogens with zero attached hydrogens (tertiary/aromatic N) is 2. The SMILES string of the molecule is Nc1cc(C(=O)O)nn1-c1ccc(F)c(F)c1F. The minimum atomic E-state index is -1.68. The first-order valence-electron chi connectivity index (χ1n) is 4.64. The number of benzene rings is 1. The lowest BCUT2D eigenvalue weighted by Gasteiger charge is -2.06. The second kappa shape index (κ2) is 4.06. The first-order valence-corrected chi connectivity index (χ1v) is 4.64. The number of hydrogen-bond acceptors (Lipinski definition) is 3. The predicted molar refractivity (Wildman–Crippen MR) is 54.8 cm³/mol. The molecule has 0 bridgehead atoms. The molecular weight excluding hydrogens is 251 g/mol. The Hall–Kier alpha value is -2.51. The van der Waals surface area contributed by atoms with Crippen LogP contribution in [0.1, 0.15) is 10.5 Å². The van der Waals surface area contributed by atoms with Gasteiger partial charge in [0.1, 0.15) is 11.5 Å². The number of carbonyl (C=O) groups is 1. The fourth-order valence-corrected chi connectivity index (χ4v) is 1.37. The number of aromatic carboxylic acids is 1. The molecule has 0 spiro atoms. The van der Waals surface area contributed by atoms with Gasteiger partial charge in [-0.05, 0) is 12.1 Å². The molecule has 0 saturated carbocycles. The highest BCUT2D eigenvalue weighted by molar-refractivity contribution is 5.86. The maximum Gasteiger partial charge on any atom is 0.356 e. The molecule has 1 aromatic carbocycles. The van der Waals surface area contributed by atoms with E-state index in [1.807, 2.05) is 0 Å². The summed E-state index contributed by atoms with van der Waals surface area (Å²) in [4.78, 5) is 10.6. The Labute approximate surface area is 98.3 Å². The molecule has 0 unspecified atom stereocenters. The summed E-state index contributed by atoms with van der Waals surface area (Å²) in [6.07, 6.45) is 0. The summed E-state index contributed by atoms with van der Waals surface area (Å²) in [5.74, 6) is -6.12. The minimum Gasteiger partial charge on any atom is -0.476 e. The molecule has 2 aromatic rings. The molecule has 2 rings (SSSR count). The van der Waals surface area contributed by atoms with Crippen molar-refractivity contribution in [3.8, 4) is 5.69 Å². The number of hydrogen-bond donors (Lipinski definition) is 2. The van der Waals surface area contributed by atoms with Gasteiger partial charge in [-0.15, -0.1) is 0 Å². The summed E-state index contributed by atoms with van der Waals surface area (Å²) in [5.41, 5.74) is 4.52. The molecule has 0 saturated heterocycles. The van der Waals surface area contributed by atoms with E-state index < -0.39 is 34.8 Å². The topological polar surface area (TPSA) is 81.1 Å². The number of nitrogen functional groups attached to an aromatic ring is 1. The van der Waals surface area contributed by atoms with Crippen LogP contribution in [0.15, 0.2) is 18.2 Å². The van der Waals surface area contributed by atoms with E-state index in [9.17, 15) is 18.0 Å². The summed E-state index contributed by atoms with van der Waals surface area (Å²) >= 11 is 0. The highest BCUT2D eigenvalue weighted by Crippen LogP contribution is 2.21. The first-order chi connectivity index (χ1) is 8.41. The number of aromatic nitrogens is 2. The van der Waals surface area contributed by atoms with Gasteiger partial charge in [0.05, 0.1) is 0 Å². The van der Waals surface area contributed by atoms with E-state index in [-0.39, 0.29) is 5.82 Å². The van der Waals surface area contributed by atoms with Crippen molar-refractivity contribution in [2.75, 3.05) is 5.73 Å². The molecule has 0 radical (unpaired) electrons. The van der Waals surface area contributed by atoms with Gasteiger partial charge in [-0.1, -0.05) is 0 Å². The van der Waals surface area contributed by atoms with Gasteiger partial charge in [0, 0.05) is 6.07 Å². The van der Waals surface area contributed by atoms with E-state index in [0.717, 1.165) is 12.1 Å². The van der Waals surface area contributed by atoms with Crippen LogP contribution in [0.5, 0.6) is 0 Å². The van der Waals surface area contributed by atoms with Crippen molar-refractivity contribution in [3.05, 3.63) is 41.3 Å². The van der Waals surface area contributed by atoms with E-state index in [1.165, 1.54) is 0 Å². The number of halogens is 3. The lowest BCUT2D eigenvalue weighted by molar-refractivity contribution is 0.0690. The Balaban J connectivity index is 2.62. The number of anilines is 1. The van der Waals surface area contributed by atoms with Gasteiger partial charge in [0.25, 0.3) is 0 Å². The molecule has 1 heterocycles. The Bertz CT molecular complexity index is 640. The van der Waals surface area contributed by atoms with E-state index in [2.05, 4.69) is 5.10 Å². The molecule has 5 nitrogen and oxygen atoms in total. The molecule has 0 fully saturated rings. The number of rotatable bonds is 2. The van der Waals surface area contributed by atoms with Crippen molar-refractivity contribution in [3.63, 3.8) is 0 Å². The van der Waals surface area contributed by atoms with Crippen LogP contribution in [0, 0.1) is 17.5 Å². The van der Waals surface area contributed by atoms with Crippen molar-refractivity contribution < 1.29 is 23.1 Å². The summed E-state index contributed by atoms with van der Waals surface area (Å²) in [7, 11) is 0. The van der Waals surface area contributed by atoms with Gasteiger partial charge in [0.2, 0.25) is 0 Å². The van der Waals surface area contributed by atoms with E-state index >= 15 is 0 Å². The number of carboxylic acid groups (broad SMARTS) is 1. The second-order valence-electron chi connectivity index (χ2n) is 3.37. The van der Waals surface area contributed by atoms with Crippen molar-refractivity contribution in [2.24, 2.45) is 0 Å². The molecule has 18 heavy (non-hydrogen) atoms. The fraction of sp³-hybridized carbons (Fsp3) is 0. The van der Waals surface area contributed by atoms with Crippen LogP contribution >= 0.6 is 0 Å². The third-order valence-electron chi connectivity index (χ3n) is 2.20. The molecule has 0 aliphatic heterocycles. The zero-order valence-corrected chi connectivity index (χ0v) is 8.69. The molecule has 3 N–H and O–H groups in total. The molecule has 0 aliphatic rings. The van der Waals surface area contributed by atoms with Crippen LogP contribution in [-0.4, -0.2) is 20.9 Å². The first kappa shape index (κ1) is 12.0. The van der Waals surface area contributed by atoms with Crippen molar-refractivity contribution in [1.82, 2.24) is 9.78 Å². The standard InChI is InChI=1S/C10H6F3N3O2/c11-4-1-2-6(9(13)8(4)12)16-7(14)3-5(15-16)10(17)18/h1-3H,14H2,(H,17,18). The molecular formula is C10H6F3N3O2. The largest absolute Gasteiger partial charge is 0.476 e. The summed E-state index contributed by atoms with van der Waals surface area (Å²) < 4.78 is 39.9. The monoisotopic (exact) mass is 257 g/mol. The lowest BCUT2D eigenvalue weighted by Crippen LogP contribution is -2.07. The smallest absolute Gasteiger partial charge is 0.356 e. The minimum absolute atomic E-state index is 0.211. The zero-order chi connectivity index (χ0) is 13.4. The van der Waals surface area contributed by atoms with Gasteiger partial charge in [-0.3, -0.25) is 0 Å². The normalized spacial score (nSPS) is 10.6. The average Bonchev–Trinajstić information content (AvgIpc) is 2.69. The third-order valence-corrected chi connectivity index (χ3v) is 2.20. The average molecular weight is 257 g/mol. The number of carboxylic acids is 1. The van der Waals surface area contributed by atoms with Crippen LogP contribution in [0.25, 0.3) is 5.69 Å². The number of nitrogens with two attached hydrogens (primary N) is 1. The maximum atomic E-state index is 13.5. The molecule has 8 heteroatoms. The Kier molecular flexibility index (Phi) is 2.70. The third kappa shape index (κ3) is 1.77. The maximum absolute atomic E-state index is 13.5. The van der Waals surface area contributed by atoms with Crippen LogP contribution in [0.2, 0.25) is 0 Å². The van der Waals surface area contributed by atoms with Crippen LogP contribution in [0.3, 0.4) is 0 Å². The quantitative estimate of drug-likeness (QED) is 0.800. The van der Waals surface area contributed by atoms with Gasteiger partial charge >= 0.3 is 5.97 Å². The Morgan fingerprint density at radius 1 is 1.28 bits per heavy atom. The van der Waals surface area contributed by atoms with E-state index in [1.54, 1.807) is 0 Å². The lowest BCUT2D eigenvalue weighted by atomic mass is 10.3. The predicted octanol–water partition coefficient (Wildman–Crippen LogP) is 1.57. The molecule has 0 aliphatic carbocycles. The van der Waals surface area contributed by atoms with Gasteiger partial charge in [-0.25, -0.2) is 22.6 Å². The van der Waals surface area contributed by atoms with Crippen LogP contribution < -0.4 is 5.73 Å². The molecule has 0 amide bonds. The summed E-state index contributed by atoms with van der Waals surface area (Å²) in [6.45, 7) is 0. The highest BCUT2D eigenvalue weighted by Gasteiger charge is 2.19. The zero-order valence-electron chi connectivity index (χ0n) is 8.69. The van der Waals surface area contributed by atoms with Gasteiger partial charge in [-0.2, -0.15) is 5.10 Å². The molecule has 94 valence electrons. The summed E-state index contributed by atoms with van der Waals surface area (Å²) in [5, 5.41) is 12.2. The van der Waals surface area contributed by atoms with E-state index in [4.69, 9.17) is 10.8 Å². The van der Waals surface area contributed by atoms with Crippen molar-refractivity contribution in [2.45, 2.75) is 0 Å². The summed E-state index contributed by atoms with van der Waals surface area (Å²) in [6, 6.07) is 2.57. The molecule has 0 atom stereocenters. The van der Waals surface area contributed by atoms with Crippen molar-refractivity contribution in [1.29, 1.82) is 0 Å². The molecule has 1 aromatic heterocycles. The van der Waals surface area contributed by atoms with E-state index in [0.29, 0.717) is 10.7 Å². The second-order valence-corrected chi connectivity index (χ2v) is 3.37. The fourth-order valence-electron chi connectivity index (χ4n) is 1.37.